The molecule has 1 atom stereocenters. The van der Waals surface area contributed by atoms with Crippen molar-refractivity contribution in [2.45, 2.75) is 39.2 Å². The van der Waals surface area contributed by atoms with Gasteiger partial charge in [0, 0.05) is 32.3 Å². The number of likely N-dealkylation sites (tertiary alicyclic amines) is 1. The lowest BCUT2D eigenvalue weighted by atomic mass is 10.3. The fourth-order valence-electron chi connectivity index (χ4n) is 2.35. The molecular formula is C14H21ClN4O2. The van der Waals surface area contributed by atoms with E-state index in [1.54, 1.807) is 24.7 Å². The monoisotopic (exact) mass is 312 g/mol. The molecule has 0 saturated carbocycles. The third-order valence-corrected chi connectivity index (χ3v) is 4.08. The SMILES string of the molecule is Cc1nn([C@@H](C)C(=O)NCCCN2CCCC2=O)cc1Cl. The Morgan fingerprint density at radius 2 is 2.33 bits per heavy atom. The first kappa shape index (κ1) is 15.8. The molecule has 1 saturated heterocycles. The van der Waals surface area contributed by atoms with Crippen molar-refractivity contribution < 1.29 is 9.59 Å². The predicted molar refractivity (Wildman–Crippen MR) is 80.1 cm³/mol. The van der Waals surface area contributed by atoms with Crippen molar-refractivity contribution in [2.24, 2.45) is 0 Å². The second-order valence-electron chi connectivity index (χ2n) is 5.35. The summed E-state index contributed by atoms with van der Waals surface area (Å²) in [6.07, 6.45) is 4.03. The fraction of sp³-hybridized carbons (Fsp3) is 0.643. The van der Waals surface area contributed by atoms with Gasteiger partial charge >= 0.3 is 0 Å². The molecule has 1 aliphatic heterocycles. The molecule has 1 aromatic rings. The summed E-state index contributed by atoms with van der Waals surface area (Å²) < 4.78 is 1.57. The van der Waals surface area contributed by atoms with Crippen LogP contribution in [0.1, 0.15) is 37.9 Å². The average molecular weight is 313 g/mol. The highest BCUT2D eigenvalue weighted by Gasteiger charge is 2.20. The van der Waals surface area contributed by atoms with Crippen molar-refractivity contribution in [1.29, 1.82) is 0 Å². The minimum absolute atomic E-state index is 0.0954. The van der Waals surface area contributed by atoms with Crippen molar-refractivity contribution in [3.05, 3.63) is 16.9 Å². The van der Waals surface area contributed by atoms with Gasteiger partial charge in [-0.1, -0.05) is 11.6 Å². The van der Waals surface area contributed by atoms with Crippen molar-refractivity contribution >= 4 is 23.4 Å². The molecule has 0 aromatic carbocycles. The molecule has 116 valence electrons. The van der Waals surface area contributed by atoms with Crippen LogP contribution >= 0.6 is 11.6 Å². The predicted octanol–water partition coefficient (Wildman–Crippen LogP) is 1.53. The van der Waals surface area contributed by atoms with Crippen LogP contribution in [0.15, 0.2) is 6.20 Å². The third kappa shape index (κ3) is 3.97. The highest BCUT2D eigenvalue weighted by molar-refractivity contribution is 6.31. The molecule has 1 N–H and O–H groups in total. The number of aromatic nitrogens is 2. The average Bonchev–Trinajstić information content (AvgIpc) is 3.00. The number of carbonyl (C=O) groups excluding carboxylic acids is 2. The van der Waals surface area contributed by atoms with Gasteiger partial charge in [0.2, 0.25) is 11.8 Å². The van der Waals surface area contributed by atoms with Crippen LogP contribution in [0.25, 0.3) is 0 Å². The van der Waals surface area contributed by atoms with Gasteiger partial charge < -0.3 is 10.2 Å². The molecule has 1 aliphatic rings. The Kier molecular flexibility index (Phi) is 5.22. The molecule has 6 nitrogen and oxygen atoms in total. The van der Waals surface area contributed by atoms with Crippen LogP contribution in [0.5, 0.6) is 0 Å². The molecule has 2 rings (SSSR count). The number of carbonyl (C=O) groups is 2. The van der Waals surface area contributed by atoms with Crippen LogP contribution in [0.4, 0.5) is 0 Å². The molecule has 1 aromatic heterocycles. The van der Waals surface area contributed by atoms with Gasteiger partial charge in [-0.25, -0.2) is 0 Å². The summed E-state index contributed by atoms with van der Waals surface area (Å²) in [4.78, 5) is 25.3. The number of hydrogen-bond acceptors (Lipinski definition) is 3. The summed E-state index contributed by atoms with van der Waals surface area (Å²) in [6, 6.07) is -0.399. The Balaban J connectivity index is 1.72. The number of aryl methyl sites for hydroxylation is 1. The van der Waals surface area contributed by atoms with E-state index in [2.05, 4.69) is 10.4 Å². The van der Waals surface area contributed by atoms with Gasteiger partial charge in [-0.3, -0.25) is 14.3 Å². The molecule has 0 unspecified atom stereocenters. The zero-order valence-electron chi connectivity index (χ0n) is 12.4. The van der Waals surface area contributed by atoms with E-state index >= 15 is 0 Å². The van der Waals surface area contributed by atoms with Crippen LogP contribution in [-0.4, -0.2) is 46.1 Å². The lowest BCUT2D eigenvalue weighted by Gasteiger charge is -2.16. The van der Waals surface area contributed by atoms with Gasteiger partial charge in [0.1, 0.15) is 6.04 Å². The first-order chi connectivity index (χ1) is 9.99. The van der Waals surface area contributed by atoms with Crippen LogP contribution in [0.2, 0.25) is 5.02 Å². The Morgan fingerprint density at radius 1 is 1.57 bits per heavy atom. The Morgan fingerprint density at radius 3 is 2.90 bits per heavy atom. The first-order valence-corrected chi connectivity index (χ1v) is 7.63. The smallest absolute Gasteiger partial charge is 0.244 e. The number of nitrogens with zero attached hydrogens (tertiary/aromatic N) is 3. The highest BCUT2D eigenvalue weighted by atomic mass is 35.5. The van der Waals surface area contributed by atoms with Crippen LogP contribution in [-0.2, 0) is 9.59 Å². The Hall–Kier alpha value is -1.56. The normalized spacial score (nSPS) is 16.3. The standard InChI is InChI=1S/C14H21ClN4O2/c1-10-12(15)9-19(17-10)11(2)14(21)16-6-4-8-18-7-3-5-13(18)20/h9,11H,3-8H2,1-2H3,(H,16,21)/t11-/m0/s1. The van der Waals surface area contributed by atoms with Crippen molar-refractivity contribution in [2.75, 3.05) is 19.6 Å². The van der Waals surface area contributed by atoms with E-state index in [4.69, 9.17) is 11.6 Å². The van der Waals surface area contributed by atoms with Gasteiger partial charge in [0.05, 0.1) is 10.7 Å². The second-order valence-corrected chi connectivity index (χ2v) is 5.75. The Bertz CT molecular complexity index is 510. The van der Waals surface area contributed by atoms with E-state index < -0.39 is 6.04 Å². The summed E-state index contributed by atoms with van der Waals surface area (Å²) in [7, 11) is 0. The molecule has 0 radical (unpaired) electrons. The highest BCUT2D eigenvalue weighted by Crippen LogP contribution is 2.15. The molecule has 1 fully saturated rings. The fourth-order valence-corrected chi connectivity index (χ4v) is 2.49. The zero-order chi connectivity index (χ0) is 15.4. The van der Waals surface area contributed by atoms with E-state index in [1.807, 2.05) is 4.90 Å². The molecule has 0 bridgehead atoms. The van der Waals surface area contributed by atoms with Gasteiger partial charge in [0.25, 0.3) is 0 Å². The topological polar surface area (TPSA) is 67.2 Å². The molecule has 0 aliphatic carbocycles. The molecule has 2 amide bonds. The summed E-state index contributed by atoms with van der Waals surface area (Å²) in [5.74, 6) is 0.123. The van der Waals surface area contributed by atoms with Crippen LogP contribution in [0.3, 0.4) is 0 Å². The number of rotatable bonds is 6. The Labute approximate surface area is 129 Å². The molecule has 7 heteroatoms. The van der Waals surface area contributed by atoms with Crippen molar-refractivity contribution in [1.82, 2.24) is 20.0 Å². The van der Waals surface area contributed by atoms with Crippen LogP contribution in [0, 0.1) is 6.92 Å². The molecular weight excluding hydrogens is 292 g/mol. The summed E-state index contributed by atoms with van der Waals surface area (Å²) >= 11 is 5.94. The number of nitrogens with one attached hydrogen (secondary N) is 1. The van der Waals surface area contributed by atoms with Gasteiger partial charge in [-0.2, -0.15) is 5.10 Å². The molecule has 21 heavy (non-hydrogen) atoms. The zero-order valence-corrected chi connectivity index (χ0v) is 13.2. The van der Waals surface area contributed by atoms with Gasteiger partial charge in [0.15, 0.2) is 0 Å². The third-order valence-electron chi connectivity index (χ3n) is 3.71. The van der Waals surface area contributed by atoms with E-state index in [0.29, 0.717) is 30.2 Å². The van der Waals surface area contributed by atoms with E-state index in [9.17, 15) is 9.59 Å². The maximum absolute atomic E-state index is 12.0. The first-order valence-electron chi connectivity index (χ1n) is 7.26. The van der Waals surface area contributed by atoms with Gasteiger partial charge in [-0.05, 0) is 26.7 Å². The molecule has 0 spiro atoms. The second kappa shape index (κ2) is 6.93. The summed E-state index contributed by atoms with van der Waals surface area (Å²) in [5.41, 5.74) is 0.712. The minimum Gasteiger partial charge on any atom is -0.354 e. The summed E-state index contributed by atoms with van der Waals surface area (Å²) in [5, 5.41) is 7.63. The number of halogens is 1. The number of amides is 2. The van der Waals surface area contributed by atoms with E-state index in [1.165, 1.54) is 0 Å². The maximum atomic E-state index is 12.0. The quantitative estimate of drug-likeness (QED) is 0.810. The summed E-state index contributed by atoms with van der Waals surface area (Å²) in [6.45, 7) is 5.69. The largest absolute Gasteiger partial charge is 0.354 e. The van der Waals surface area contributed by atoms with Gasteiger partial charge in [-0.15, -0.1) is 0 Å². The van der Waals surface area contributed by atoms with E-state index in [-0.39, 0.29) is 11.8 Å². The van der Waals surface area contributed by atoms with Crippen LogP contribution < -0.4 is 5.32 Å². The number of hydrogen-bond donors (Lipinski definition) is 1. The molecule has 2 heterocycles. The maximum Gasteiger partial charge on any atom is 0.244 e. The minimum atomic E-state index is -0.399. The van der Waals surface area contributed by atoms with Crippen molar-refractivity contribution in [3.8, 4) is 0 Å². The van der Waals surface area contributed by atoms with E-state index in [0.717, 1.165) is 19.4 Å². The van der Waals surface area contributed by atoms with Crippen molar-refractivity contribution in [3.63, 3.8) is 0 Å². The lowest BCUT2D eigenvalue weighted by Crippen LogP contribution is -2.34. The lowest BCUT2D eigenvalue weighted by molar-refractivity contribution is -0.127.